The van der Waals surface area contributed by atoms with Crippen LogP contribution >= 0.6 is 0 Å². The molecule has 2 atom stereocenters. The van der Waals surface area contributed by atoms with Gasteiger partial charge in [0.05, 0.1) is 0 Å². The second-order valence-electron chi connectivity index (χ2n) is 6.60. The number of likely N-dealkylation sites (tertiary alicyclic amines) is 1. The number of amidine groups is 1. The highest BCUT2D eigenvalue weighted by atomic mass is 16.4. The minimum Gasteiger partial charge on any atom is -0.409 e. The van der Waals surface area contributed by atoms with Crippen LogP contribution in [0.5, 0.6) is 0 Å². The Morgan fingerprint density at radius 2 is 1.95 bits per heavy atom. The van der Waals surface area contributed by atoms with E-state index in [1.54, 1.807) is 0 Å². The van der Waals surface area contributed by atoms with E-state index in [2.05, 4.69) is 23.9 Å². The maximum absolute atomic E-state index is 8.90. The Balaban J connectivity index is 1.95. The summed E-state index contributed by atoms with van der Waals surface area (Å²) in [5.74, 6) is 1.28. The van der Waals surface area contributed by atoms with Gasteiger partial charge in [0.15, 0.2) is 0 Å². The Labute approximate surface area is 117 Å². The molecule has 1 aliphatic carbocycles. The average Bonchev–Trinajstić information content (AvgIpc) is 2.47. The molecule has 1 saturated heterocycles. The van der Waals surface area contributed by atoms with Gasteiger partial charge in [-0.2, -0.15) is 0 Å². The van der Waals surface area contributed by atoms with Gasteiger partial charge in [-0.3, -0.25) is 0 Å². The number of nitrogens with zero attached hydrogens (tertiary/aromatic N) is 2. The predicted molar refractivity (Wildman–Crippen MR) is 78.4 cm³/mol. The monoisotopic (exact) mass is 267 g/mol. The number of nitrogens with two attached hydrogens (primary N) is 1. The largest absolute Gasteiger partial charge is 0.409 e. The molecule has 4 heteroatoms. The Kier molecular flexibility index (Phi) is 4.71. The minimum atomic E-state index is -0.109. The van der Waals surface area contributed by atoms with Crippen LogP contribution < -0.4 is 5.73 Å². The molecule has 110 valence electrons. The van der Waals surface area contributed by atoms with Crippen molar-refractivity contribution in [1.82, 2.24) is 4.90 Å². The van der Waals surface area contributed by atoms with Gasteiger partial charge in [0.1, 0.15) is 5.84 Å². The van der Waals surface area contributed by atoms with E-state index in [4.69, 9.17) is 10.9 Å². The van der Waals surface area contributed by atoms with Crippen molar-refractivity contribution < 1.29 is 5.21 Å². The van der Waals surface area contributed by atoms with Crippen LogP contribution in [0.25, 0.3) is 0 Å². The highest BCUT2D eigenvalue weighted by molar-refractivity contribution is 5.85. The van der Waals surface area contributed by atoms with Crippen LogP contribution in [-0.4, -0.2) is 35.1 Å². The van der Waals surface area contributed by atoms with E-state index in [1.165, 1.54) is 32.1 Å². The molecular formula is C15H29N3O. The van der Waals surface area contributed by atoms with Crippen LogP contribution in [0, 0.1) is 11.3 Å². The highest BCUT2D eigenvalue weighted by Gasteiger charge is 2.38. The molecule has 2 unspecified atom stereocenters. The van der Waals surface area contributed by atoms with E-state index in [1.807, 2.05) is 0 Å². The maximum Gasteiger partial charge on any atom is 0.145 e. The minimum absolute atomic E-state index is 0.109. The lowest BCUT2D eigenvalue weighted by atomic mass is 9.76. The molecule has 1 heterocycles. The van der Waals surface area contributed by atoms with Crippen molar-refractivity contribution in [3.8, 4) is 0 Å². The van der Waals surface area contributed by atoms with Gasteiger partial charge in [-0.25, -0.2) is 0 Å². The second-order valence-corrected chi connectivity index (χ2v) is 6.60. The van der Waals surface area contributed by atoms with Crippen LogP contribution in [0.2, 0.25) is 0 Å². The lowest BCUT2D eigenvalue weighted by Crippen LogP contribution is -2.51. The van der Waals surface area contributed by atoms with Crippen molar-refractivity contribution in [1.29, 1.82) is 0 Å². The smallest absolute Gasteiger partial charge is 0.145 e. The third-order valence-corrected chi connectivity index (χ3v) is 5.49. The molecule has 1 saturated carbocycles. The van der Waals surface area contributed by atoms with E-state index in [0.717, 1.165) is 37.9 Å². The Bertz CT molecular complexity index is 321. The fraction of sp³-hybridized carbons (Fsp3) is 0.933. The first kappa shape index (κ1) is 14.6. The molecule has 3 N–H and O–H groups in total. The lowest BCUT2D eigenvalue weighted by molar-refractivity contribution is 0.0571. The van der Waals surface area contributed by atoms with Gasteiger partial charge in [0.2, 0.25) is 0 Å². The number of hydrogen-bond acceptors (Lipinski definition) is 3. The Hall–Kier alpha value is -0.770. The average molecular weight is 267 g/mol. The van der Waals surface area contributed by atoms with Gasteiger partial charge >= 0.3 is 0 Å². The lowest BCUT2D eigenvalue weighted by Gasteiger charge is -2.45. The molecule has 2 fully saturated rings. The van der Waals surface area contributed by atoms with Crippen molar-refractivity contribution in [2.24, 2.45) is 22.2 Å². The predicted octanol–water partition coefficient (Wildman–Crippen LogP) is 2.80. The fourth-order valence-corrected chi connectivity index (χ4v) is 3.87. The molecule has 1 aliphatic heterocycles. The summed E-state index contributed by atoms with van der Waals surface area (Å²) in [6, 6.07) is 0.774. The van der Waals surface area contributed by atoms with Gasteiger partial charge in [-0.1, -0.05) is 38.3 Å². The molecule has 19 heavy (non-hydrogen) atoms. The van der Waals surface area contributed by atoms with E-state index in [9.17, 15) is 0 Å². The zero-order chi connectivity index (χ0) is 13.9. The summed E-state index contributed by atoms with van der Waals surface area (Å²) in [7, 11) is 0. The van der Waals surface area contributed by atoms with Gasteiger partial charge in [0.25, 0.3) is 0 Å². The molecule has 0 aromatic carbocycles. The van der Waals surface area contributed by atoms with Gasteiger partial charge in [-0.05, 0) is 44.7 Å². The van der Waals surface area contributed by atoms with Crippen LogP contribution in [0.3, 0.4) is 0 Å². The Morgan fingerprint density at radius 3 is 2.53 bits per heavy atom. The summed E-state index contributed by atoms with van der Waals surface area (Å²) in [5, 5.41) is 12.1. The molecule has 0 spiro atoms. The van der Waals surface area contributed by atoms with Crippen LogP contribution in [-0.2, 0) is 0 Å². The summed E-state index contributed by atoms with van der Waals surface area (Å²) in [6.45, 7) is 6.63. The SMILES string of the molecule is CCC1CCCCC1N1CCC(C)(C(N)=NO)CC1. The van der Waals surface area contributed by atoms with Crippen molar-refractivity contribution in [2.75, 3.05) is 13.1 Å². The molecule has 2 rings (SSSR count). The molecule has 0 radical (unpaired) electrons. The van der Waals surface area contributed by atoms with Gasteiger partial charge < -0.3 is 15.8 Å². The summed E-state index contributed by atoms with van der Waals surface area (Å²) < 4.78 is 0. The van der Waals surface area contributed by atoms with E-state index in [0.29, 0.717) is 5.84 Å². The molecule has 0 amide bonds. The number of piperidine rings is 1. The molecule has 2 aliphatic rings. The molecule has 0 aromatic rings. The zero-order valence-corrected chi connectivity index (χ0v) is 12.4. The quantitative estimate of drug-likeness (QED) is 0.358. The first-order valence-electron chi connectivity index (χ1n) is 7.83. The third kappa shape index (κ3) is 3.04. The highest BCUT2D eigenvalue weighted by Crippen LogP contribution is 2.36. The van der Waals surface area contributed by atoms with Crippen molar-refractivity contribution in [3.63, 3.8) is 0 Å². The first-order chi connectivity index (χ1) is 9.10. The number of oxime groups is 1. The number of hydrogen-bond donors (Lipinski definition) is 2. The maximum atomic E-state index is 8.90. The van der Waals surface area contributed by atoms with Crippen LogP contribution in [0.1, 0.15) is 58.8 Å². The van der Waals surface area contributed by atoms with Gasteiger partial charge in [-0.15, -0.1) is 0 Å². The number of rotatable bonds is 3. The topological polar surface area (TPSA) is 61.8 Å². The third-order valence-electron chi connectivity index (χ3n) is 5.49. The molecule has 4 nitrogen and oxygen atoms in total. The van der Waals surface area contributed by atoms with E-state index < -0.39 is 0 Å². The van der Waals surface area contributed by atoms with E-state index in [-0.39, 0.29) is 5.41 Å². The molecular weight excluding hydrogens is 238 g/mol. The van der Waals surface area contributed by atoms with E-state index >= 15 is 0 Å². The standard InChI is InChI=1S/C15H29N3O/c1-3-12-6-4-5-7-13(12)18-10-8-15(2,9-11-18)14(16)17-19/h12-13,19H,3-11H2,1-2H3,(H2,16,17). The van der Waals surface area contributed by atoms with Crippen molar-refractivity contribution in [3.05, 3.63) is 0 Å². The van der Waals surface area contributed by atoms with Crippen LogP contribution in [0.4, 0.5) is 0 Å². The first-order valence-corrected chi connectivity index (χ1v) is 7.83. The summed E-state index contributed by atoms with van der Waals surface area (Å²) >= 11 is 0. The summed E-state index contributed by atoms with van der Waals surface area (Å²) in [6.07, 6.45) is 8.87. The van der Waals surface area contributed by atoms with Crippen molar-refractivity contribution in [2.45, 2.75) is 64.8 Å². The summed E-state index contributed by atoms with van der Waals surface area (Å²) in [4.78, 5) is 2.67. The van der Waals surface area contributed by atoms with Crippen molar-refractivity contribution >= 4 is 5.84 Å². The van der Waals surface area contributed by atoms with Gasteiger partial charge in [0, 0.05) is 11.5 Å². The normalized spacial score (nSPS) is 33.3. The zero-order valence-electron chi connectivity index (χ0n) is 12.4. The molecule has 0 aromatic heterocycles. The fourth-order valence-electron chi connectivity index (χ4n) is 3.87. The molecule has 0 bridgehead atoms. The Morgan fingerprint density at radius 1 is 1.32 bits per heavy atom. The summed E-state index contributed by atoms with van der Waals surface area (Å²) in [5.41, 5.74) is 5.73. The van der Waals surface area contributed by atoms with Crippen LogP contribution in [0.15, 0.2) is 5.16 Å². The second kappa shape index (κ2) is 6.12.